The summed E-state index contributed by atoms with van der Waals surface area (Å²) in [4.78, 5) is 13.7. The highest BCUT2D eigenvalue weighted by atomic mass is 32.2. The lowest BCUT2D eigenvalue weighted by atomic mass is 10.2. The van der Waals surface area contributed by atoms with E-state index in [1.807, 2.05) is 6.92 Å². The second kappa shape index (κ2) is 9.46. The Kier molecular flexibility index (Phi) is 7.28. The van der Waals surface area contributed by atoms with E-state index in [-0.39, 0.29) is 15.0 Å². The van der Waals surface area contributed by atoms with Crippen LogP contribution in [0.1, 0.15) is 13.3 Å². The van der Waals surface area contributed by atoms with Gasteiger partial charge in [-0.05, 0) is 48.2 Å². The van der Waals surface area contributed by atoms with Gasteiger partial charge in [0.2, 0.25) is 0 Å². The molecule has 0 aliphatic heterocycles. The number of ether oxygens (including phenoxy) is 1. The number of sulfonamides is 1. The molecule has 1 atom stereocenters. The lowest BCUT2D eigenvalue weighted by Gasteiger charge is -2.13. The van der Waals surface area contributed by atoms with E-state index in [0.717, 1.165) is 47.0 Å². The Morgan fingerprint density at radius 3 is 2.47 bits per heavy atom. The van der Waals surface area contributed by atoms with E-state index in [2.05, 4.69) is 9.71 Å². The molecule has 0 saturated heterocycles. The molecule has 0 aliphatic rings. The molecule has 2 aromatic heterocycles. The molecule has 3 rings (SSSR count). The third kappa shape index (κ3) is 6.27. The third-order valence-corrected chi connectivity index (χ3v) is 9.25. The fourth-order valence-electron chi connectivity index (χ4n) is 2.51. The van der Waals surface area contributed by atoms with Gasteiger partial charge in [-0.2, -0.15) is 4.72 Å². The SMILES string of the molecule is CCCOc1ccc2sc(S(=O)(=O)NCP(=O)(O)Oc3ccc(S(C)(=O)=O)nc3)cc2c1. The quantitative estimate of drug-likeness (QED) is 0.385. The molecule has 14 heteroatoms. The van der Waals surface area contributed by atoms with Crippen LogP contribution < -0.4 is 14.0 Å². The van der Waals surface area contributed by atoms with Crippen LogP contribution in [0.25, 0.3) is 10.1 Å². The second-order valence-corrected chi connectivity index (χ2v) is 13.6. The molecule has 3 aromatic rings. The smallest absolute Gasteiger partial charge is 0.391 e. The van der Waals surface area contributed by atoms with Crippen molar-refractivity contribution in [1.82, 2.24) is 9.71 Å². The average Bonchev–Trinajstić information content (AvgIpc) is 3.15. The fraction of sp³-hybridized carbons (Fsp3) is 0.278. The highest BCUT2D eigenvalue weighted by molar-refractivity contribution is 7.92. The first kappa shape index (κ1) is 24.6. The second-order valence-electron chi connectivity index (χ2n) is 6.75. The topological polar surface area (TPSA) is 149 Å². The zero-order valence-corrected chi connectivity index (χ0v) is 20.4. The van der Waals surface area contributed by atoms with Crippen LogP contribution in [0.4, 0.5) is 0 Å². The molecule has 0 bridgehead atoms. The van der Waals surface area contributed by atoms with Crippen molar-refractivity contribution in [2.24, 2.45) is 0 Å². The van der Waals surface area contributed by atoms with Gasteiger partial charge in [-0.3, -0.25) is 0 Å². The van der Waals surface area contributed by atoms with E-state index in [0.29, 0.717) is 17.7 Å². The predicted molar refractivity (Wildman–Crippen MR) is 121 cm³/mol. The molecular weight excluding hydrogens is 499 g/mol. The van der Waals surface area contributed by atoms with Crippen LogP contribution in [0, 0.1) is 0 Å². The minimum absolute atomic E-state index is 0.0284. The Morgan fingerprint density at radius 2 is 1.84 bits per heavy atom. The normalized spacial score (nSPS) is 14.2. The van der Waals surface area contributed by atoms with Gasteiger partial charge in [-0.1, -0.05) is 6.92 Å². The summed E-state index contributed by atoms with van der Waals surface area (Å²) in [6.45, 7) is 2.52. The Labute approximate surface area is 189 Å². The number of fused-ring (bicyclic) bond motifs is 1. The maximum atomic E-state index is 12.6. The molecule has 1 unspecified atom stereocenters. The number of sulfone groups is 1. The molecule has 0 amide bonds. The molecule has 0 aliphatic carbocycles. The monoisotopic (exact) mass is 520 g/mol. The van der Waals surface area contributed by atoms with Crippen LogP contribution in [-0.2, 0) is 24.4 Å². The van der Waals surface area contributed by atoms with Gasteiger partial charge in [0.25, 0.3) is 10.0 Å². The summed E-state index contributed by atoms with van der Waals surface area (Å²) < 4.78 is 73.6. The number of pyridine rings is 1. The number of nitrogens with one attached hydrogen (secondary N) is 1. The van der Waals surface area contributed by atoms with Crippen LogP contribution in [-0.4, -0.2) is 45.9 Å². The number of rotatable bonds is 10. The Balaban J connectivity index is 1.70. The fourth-order valence-corrected chi connectivity index (χ4v) is 6.99. The van der Waals surface area contributed by atoms with Crippen LogP contribution >= 0.6 is 18.9 Å². The highest BCUT2D eigenvalue weighted by Gasteiger charge is 2.27. The number of benzene rings is 1. The maximum Gasteiger partial charge on any atom is 0.391 e. The summed E-state index contributed by atoms with van der Waals surface area (Å²) in [6, 6.07) is 8.95. The van der Waals surface area contributed by atoms with Crippen molar-refractivity contribution in [2.45, 2.75) is 22.6 Å². The lowest BCUT2D eigenvalue weighted by Crippen LogP contribution is -2.25. The van der Waals surface area contributed by atoms with E-state index in [1.165, 1.54) is 6.07 Å². The Bertz CT molecular complexity index is 1370. The van der Waals surface area contributed by atoms with E-state index >= 15 is 0 Å². The number of hydrogen-bond acceptors (Lipinski definition) is 9. The van der Waals surface area contributed by atoms with E-state index in [9.17, 15) is 26.3 Å². The standard InChI is InChI=1S/C18H21N2O8PS3/c1-3-8-27-14-4-6-16-13(9-14)10-18(30-16)32(25,26)20-12-29(21,22)28-15-5-7-17(19-11-15)31(2,23)24/h4-7,9-11,20H,3,8,12H2,1-2H3,(H,21,22). The number of thiophene rings is 1. The molecule has 0 fully saturated rings. The summed E-state index contributed by atoms with van der Waals surface area (Å²) in [7, 11) is -12.1. The molecule has 0 radical (unpaired) electrons. The van der Waals surface area contributed by atoms with E-state index in [4.69, 9.17) is 9.26 Å². The van der Waals surface area contributed by atoms with Gasteiger partial charge < -0.3 is 14.2 Å². The van der Waals surface area contributed by atoms with Gasteiger partial charge in [0.05, 0.1) is 12.8 Å². The van der Waals surface area contributed by atoms with Gasteiger partial charge in [-0.15, -0.1) is 11.3 Å². The van der Waals surface area contributed by atoms with Gasteiger partial charge in [0.15, 0.2) is 14.9 Å². The van der Waals surface area contributed by atoms with Crippen LogP contribution in [0.2, 0.25) is 0 Å². The zero-order valence-electron chi connectivity index (χ0n) is 17.1. The molecule has 2 N–H and O–H groups in total. The first-order chi connectivity index (χ1) is 14.9. The predicted octanol–water partition coefficient (Wildman–Crippen LogP) is 2.99. The summed E-state index contributed by atoms with van der Waals surface area (Å²) in [5.41, 5.74) is 0. The minimum Gasteiger partial charge on any atom is -0.494 e. The Hall–Kier alpha value is -2.02. The molecule has 10 nitrogen and oxygen atoms in total. The third-order valence-electron chi connectivity index (χ3n) is 3.99. The molecule has 1 aromatic carbocycles. The summed E-state index contributed by atoms with van der Waals surface area (Å²) in [5.74, 6) is 0.446. The minimum atomic E-state index is -4.44. The Morgan fingerprint density at radius 1 is 1.12 bits per heavy atom. The molecule has 32 heavy (non-hydrogen) atoms. The van der Waals surface area contributed by atoms with Crippen molar-refractivity contribution >= 4 is 48.9 Å². The van der Waals surface area contributed by atoms with Gasteiger partial charge in [0.1, 0.15) is 22.0 Å². The largest absolute Gasteiger partial charge is 0.494 e. The average molecular weight is 521 g/mol. The number of nitrogens with zero attached hydrogens (tertiary/aromatic N) is 1. The van der Waals surface area contributed by atoms with Crippen molar-refractivity contribution in [3.8, 4) is 11.5 Å². The van der Waals surface area contributed by atoms with Crippen molar-refractivity contribution in [3.05, 3.63) is 42.6 Å². The zero-order chi connectivity index (χ0) is 23.6. The van der Waals surface area contributed by atoms with Gasteiger partial charge in [0, 0.05) is 11.0 Å². The van der Waals surface area contributed by atoms with Crippen molar-refractivity contribution in [3.63, 3.8) is 0 Å². The van der Waals surface area contributed by atoms with Gasteiger partial charge in [-0.25, -0.2) is 26.4 Å². The summed E-state index contributed by atoms with van der Waals surface area (Å²) in [6.07, 6.45) is 1.89. The molecule has 0 saturated carbocycles. The van der Waals surface area contributed by atoms with E-state index in [1.54, 1.807) is 18.2 Å². The summed E-state index contributed by atoms with van der Waals surface area (Å²) >= 11 is 1.01. The number of hydrogen-bond donors (Lipinski definition) is 2. The summed E-state index contributed by atoms with van der Waals surface area (Å²) in [5, 5.41) is 0.441. The molecular formula is C18H21N2O8PS3. The molecule has 0 spiro atoms. The van der Waals surface area contributed by atoms with Gasteiger partial charge >= 0.3 is 7.60 Å². The maximum absolute atomic E-state index is 12.6. The molecule has 174 valence electrons. The van der Waals surface area contributed by atoms with Crippen LogP contribution in [0.15, 0.2) is 51.8 Å². The molecule has 2 heterocycles. The first-order valence-corrected chi connectivity index (χ1v) is 15.2. The van der Waals surface area contributed by atoms with Crippen molar-refractivity contribution in [1.29, 1.82) is 0 Å². The first-order valence-electron chi connectivity index (χ1n) is 9.23. The lowest BCUT2D eigenvalue weighted by molar-refractivity contribution is 0.318. The number of aromatic nitrogens is 1. The van der Waals surface area contributed by atoms with Crippen molar-refractivity contribution in [2.75, 3.05) is 19.1 Å². The van der Waals surface area contributed by atoms with Crippen molar-refractivity contribution < 1.29 is 35.6 Å². The van der Waals surface area contributed by atoms with E-state index < -0.39 is 33.7 Å². The van der Waals surface area contributed by atoms with Crippen LogP contribution in [0.3, 0.4) is 0 Å². The highest BCUT2D eigenvalue weighted by Crippen LogP contribution is 2.42. The van der Waals surface area contributed by atoms with Crippen LogP contribution in [0.5, 0.6) is 11.5 Å².